The van der Waals surface area contributed by atoms with Crippen LogP contribution in [0, 0.1) is 6.92 Å². The molecule has 0 aliphatic carbocycles. The number of alkyl halides is 3. The molecule has 1 atom stereocenters. The third kappa shape index (κ3) is 5.01. The third-order valence-electron chi connectivity index (χ3n) is 5.09. The van der Waals surface area contributed by atoms with Crippen molar-refractivity contribution in [2.75, 3.05) is 11.9 Å². The fourth-order valence-electron chi connectivity index (χ4n) is 3.59. The lowest BCUT2D eigenvalue weighted by Crippen LogP contribution is -2.21. The van der Waals surface area contributed by atoms with Crippen molar-refractivity contribution in [3.8, 4) is 11.1 Å². The van der Waals surface area contributed by atoms with Gasteiger partial charge in [-0.3, -0.25) is 9.48 Å². The Morgan fingerprint density at radius 2 is 2.03 bits per heavy atom. The van der Waals surface area contributed by atoms with Crippen molar-refractivity contribution in [2.24, 2.45) is 0 Å². The smallest absolute Gasteiger partial charge is 0.356 e. The van der Waals surface area contributed by atoms with E-state index in [0.29, 0.717) is 18.7 Å². The Kier molecular flexibility index (Phi) is 5.62. The first-order valence-corrected chi connectivity index (χ1v) is 9.88. The molecule has 2 aromatic heterocycles. The highest BCUT2D eigenvalue weighted by atomic mass is 19.4. The van der Waals surface area contributed by atoms with E-state index in [4.69, 9.17) is 0 Å². The van der Waals surface area contributed by atoms with E-state index in [9.17, 15) is 18.0 Å². The molecule has 0 bridgehead atoms. The monoisotopic (exact) mass is 430 g/mol. The van der Waals surface area contributed by atoms with E-state index in [1.54, 1.807) is 12.3 Å². The Morgan fingerprint density at radius 1 is 1.19 bits per heavy atom. The van der Waals surface area contributed by atoms with Crippen molar-refractivity contribution in [2.45, 2.75) is 38.4 Å². The zero-order valence-corrected chi connectivity index (χ0v) is 16.8. The summed E-state index contributed by atoms with van der Waals surface area (Å²) in [6.07, 6.45) is 2.21. The number of aryl methyl sites for hydroxylation is 1. The van der Waals surface area contributed by atoms with Gasteiger partial charge in [0.1, 0.15) is 5.69 Å². The summed E-state index contributed by atoms with van der Waals surface area (Å²) >= 11 is 0. The zero-order valence-electron chi connectivity index (χ0n) is 16.8. The molecule has 1 aliphatic rings. The number of amides is 1. The number of carbonyl (C=O) groups is 1. The van der Waals surface area contributed by atoms with Gasteiger partial charge in [-0.25, -0.2) is 9.97 Å². The van der Waals surface area contributed by atoms with Gasteiger partial charge in [0.15, 0.2) is 0 Å². The van der Waals surface area contributed by atoms with Gasteiger partial charge in [-0.2, -0.15) is 18.3 Å². The van der Waals surface area contributed by atoms with Gasteiger partial charge < -0.3 is 10.6 Å². The van der Waals surface area contributed by atoms with Gasteiger partial charge in [-0.15, -0.1) is 0 Å². The van der Waals surface area contributed by atoms with Gasteiger partial charge in [-0.05, 0) is 49.1 Å². The summed E-state index contributed by atoms with van der Waals surface area (Å²) in [5, 5.41) is 10.2. The van der Waals surface area contributed by atoms with Crippen molar-refractivity contribution in [1.82, 2.24) is 25.1 Å². The molecule has 1 saturated heterocycles. The Labute approximate surface area is 176 Å². The number of carbonyl (C=O) groups excluding carboxylic acids is 1. The molecule has 1 aliphatic heterocycles. The fourth-order valence-corrected chi connectivity index (χ4v) is 3.59. The number of anilines is 2. The minimum Gasteiger partial charge on any atom is -0.356 e. The Balaban J connectivity index is 1.56. The van der Waals surface area contributed by atoms with Crippen LogP contribution < -0.4 is 10.6 Å². The normalized spacial score (nSPS) is 17.2. The molecule has 1 aromatic carbocycles. The maximum absolute atomic E-state index is 12.9. The average molecular weight is 430 g/mol. The number of rotatable bonds is 4. The minimum absolute atomic E-state index is 0.0566. The number of benzene rings is 1. The van der Waals surface area contributed by atoms with E-state index in [1.165, 1.54) is 0 Å². The standard InChI is InChI=1S/C21H21F3N6O/c1-13-8-14(15-11-27-30(12-15)17-2-3-19(31)25-6-4-17)10-16(9-13)28-20-26-7-5-18(29-20)21(22,23)24/h5,7-12,17H,2-4,6H2,1H3,(H,25,31)(H,26,28,29)/t17-/m1/s1. The van der Waals surface area contributed by atoms with E-state index in [2.05, 4.69) is 25.7 Å². The summed E-state index contributed by atoms with van der Waals surface area (Å²) in [5.74, 6) is -0.0706. The molecule has 1 amide bonds. The van der Waals surface area contributed by atoms with Crippen molar-refractivity contribution in [3.05, 3.63) is 54.1 Å². The van der Waals surface area contributed by atoms with Crippen LogP contribution in [0.5, 0.6) is 0 Å². The molecule has 2 N–H and O–H groups in total. The number of halogens is 3. The molecule has 7 nitrogen and oxygen atoms in total. The predicted octanol–water partition coefficient (Wildman–Crippen LogP) is 4.25. The Bertz CT molecular complexity index is 1090. The van der Waals surface area contributed by atoms with Gasteiger partial charge in [0.05, 0.1) is 12.2 Å². The summed E-state index contributed by atoms with van der Waals surface area (Å²) < 4.78 is 40.6. The van der Waals surface area contributed by atoms with Crippen LogP contribution in [-0.4, -0.2) is 32.2 Å². The first-order chi connectivity index (χ1) is 14.8. The SMILES string of the molecule is Cc1cc(Nc2nccc(C(F)(F)F)n2)cc(-c2cnn([C@H]3CCNC(=O)CC3)c2)c1. The van der Waals surface area contributed by atoms with Crippen LogP contribution in [0.1, 0.15) is 36.6 Å². The Hall–Kier alpha value is -3.43. The van der Waals surface area contributed by atoms with Gasteiger partial charge in [0.2, 0.25) is 11.9 Å². The predicted molar refractivity (Wildman–Crippen MR) is 109 cm³/mol. The first kappa shape index (κ1) is 20.8. The largest absolute Gasteiger partial charge is 0.433 e. The third-order valence-corrected chi connectivity index (χ3v) is 5.09. The zero-order chi connectivity index (χ0) is 22.0. The van der Waals surface area contributed by atoms with E-state index in [-0.39, 0.29) is 17.9 Å². The molecular formula is C21H21F3N6O. The molecule has 162 valence electrons. The number of nitrogens with one attached hydrogen (secondary N) is 2. The maximum atomic E-state index is 12.9. The summed E-state index contributed by atoms with van der Waals surface area (Å²) in [7, 11) is 0. The van der Waals surface area contributed by atoms with Gasteiger partial charge in [-0.1, -0.05) is 6.07 Å². The first-order valence-electron chi connectivity index (χ1n) is 9.88. The molecule has 0 radical (unpaired) electrons. The lowest BCUT2D eigenvalue weighted by molar-refractivity contribution is -0.141. The van der Waals surface area contributed by atoms with E-state index in [0.717, 1.165) is 41.8 Å². The van der Waals surface area contributed by atoms with Crippen LogP contribution in [0.15, 0.2) is 42.9 Å². The van der Waals surface area contributed by atoms with E-state index in [1.807, 2.05) is 29.9 Å². The molecule has 0 unspecified atom stereocenters. The van der Waals surface area contributed by atoms with Crippen LogP contribution >= 0.6 is 0 Å². The molecule has 3 heterocycles. The Morgan fingerprint density at radius 3 is 2.84 bits per heavy atom. The number of hydrogen-bond acceptors (Lipinski definition) is 5. The van der Waals surface area contributed by atoms with Crippen molar-refractivity contribution in [1.29, 1.82) is 0 Å². The second kappa shape index (κ2) is 8.37. The lowest BCUT2D eigenvalue weighted by Gasteiger charge is -2.13. The lowest BCUT2D eigenvalue weighted by atomic mass is 10.1. The highest BCUT2D eigenvalue weighted by Gasteiger charge is 2.32. The van der Waals surface area contributed by atoms with Crippen LogP contribution in [0.3, 0.4) is 0 Å². The van der Waals surface area contributed by atoms with Crippen molar-refractivity contribution < 1.29 is 18.0 Å². The molecule has 0 saturated carbocycles. The molecule has 0 spiro atoms. The van der Waals surface area contributed by atoms with Crippen LogP contribution in [-0.2, 0) is 11.0 Å². The van der Waals surface area contributed by atoms with Gasteiger partial charge in [0, 0.05) is 36.6 Å². The van der Waals surface area contributed by atoms with Crippen LogP contribution in [0.4, 0.5) is 24.8 Å². The second-order valence-corrected chi connectivity index (χ2v) is 7.52. The minimum atomic E-state index is -4.54. The quantitative estimate of drug-likeness (QED) is 0.646. The average Bonchev–Trinajstić information content (AvgIpc) is 3.10. The van der Waals surface area contributed by atoms with E-state index < -0.39 is 11.9 Å². The molecule has 10 heteroatoms. The molecular weight excluding hydrogens is 409 g/mol. The molecule has 1 fully saturated rings. The molecule has 31 heavy (non-hydrogen) atoms. The second-order valence-electron chi connectivity index (χ2n) is 7.52. The summed E-state index contributed by atoms with van der Waals surface area (Å²) in [4.78, 5) is 19.0. The van der Waals surface area contributed by atoms with Gasteiger partial charge >= 0.3 is 6.18 Å². The highest BCUT2D eigenvalue weighted by molar-refractivity contribution is 5.76. The highest BCUT2D eigenvalue weighted by Crippen LogP contribution is 2.30. The van der Waals surface area contributed by atoms with Crippen molar-refractivity contribution >= 4 is 17.5 Å². The van der Waals surface area contributed by atoms with Gasteiger partial charge in [0.25, 0.3) is 0 Å². The summed E-state index contributed by atoms with van der Waals surface area (Å²) in [5.41, 5.74) is 2.23. The van der Waals surface area contributed by atoms with Crippen LogP contribution in [0.25, 0.3) is 11.1 Å². The molecule has 4 rings (SSSR count). The summed E-state index contributed by atoms with van der Waals surface area (Å²) in [6.45, 7) is 2.52. The molecule has 3 aromatic rings. The fraction of sp³-hybridized carbons (Fsp3) is 0.333. The maximum Gasteiger partial charge on any atom is 0.433 e. The number of aromatic nitrogens is 4. The van der Waals surface area contributed by atoms with Crippen LogP contribution in [0.2, 0.25) is 0 Å². The summed E-state index contributed by atoms with van der Waals surface area (Å²) in [6, 6.07) is 6.56. The van der Waals surface area contributed by atoms with Crippen molar-refractivity contribution in [3.63, 3.8) is 0 Å². The van der Waals surface area contributed by atoms with E-state index >= 15 is 0 Å². The number of nitrogens with zero attached hydrogens (tertiary/aromatic N) is 4. The number of hydrogen-bond donors (Lipinski definition) is 2. The topological polar surface area (TPSA) is 84.7 Å².